The summed E-state index contributed by atoms with van der Waals surface area (Å²) in [7, 11) is -5.07. The molecule has 1 heterocycles. The molecule has 0 radical (unpaired) electrons. The number of hydrogen-bond donors (Lipinski definition) is 1. The molecule has 0 fully saturated rings. The summed E-state index contributed by atoms with van der Waals surface area (Å²) in [6, 6.07) is 11.3. The van der Waals surface area contributed by atoms with Gasteiger partial charge < -0.3 is 14.7 Å². The van der Waals surface area contributed by atoms with Gasteiger partial charge in [0.1, 0.15) is 11.5 Å². The maximum atomic E-state index is 13.5. The molecule has 0 bridgehead atoms. The van der Waals surface area contributed by atoms with Crippen molar-refractivity contribution < 1.29 is 30.6 Å². The molecule has 25 heavy (non-hydrogen) atoms. The number of Topliss-reactive ketones (excluding diaryl/α,β-unsaturated/α-hetero) is 1. The highest BCUT2D eigenvalue weighted by Gasteiger charge is 2.39. The van der Waals surface area contributed by atoms with Crippen molar-refractivity contribution in [2.24, 2.45) is 5.73 Å². The van der Waals surface area contributed by atoms with Crippen LogP contribution in [0.2, 0.25) is 0 Å². The van der Waals surface area contributed by atoms with E-state index < -0.39 is 45.1 Å². The molecule has 130 valence electrons. The average molecular weight is 366 g/mol. The minimum Gasteiger partial charge on any atom is -0.460 e. The van der Waals surface area contributed by atoms with Crippen LogP contribution in [-0.4, -0.2) is 14.2 Å². The molecule has 2 aromatic carbocycles. The fourth-order valence-electron chi connectivity index (χ4n) is 2.10. The molecule has 0 saturated heterocycles. The van der Waals surface area contributed by atoms with Gasteiger partial charge in [0.15, 0.2) is 6.08 Å². The minimum absolute atomic E-state index is 0.234. The molecule has 1 aliphatic rings. The quantitative estimate of drug-likeness (QED) is 0.815. The molecule has 0 aliphatic carbocycles. The SMILES string of the molecule is [2H]C([2H])(c1ccccc1)S(=O)(=O)OC1=C(N)O[C@]([2H])(c2cccc(F)c2)C1=O. The number of ether oxygens (including phenoxy) is 1. The average Bonchev–Trinajstić information content (AvgIpc) is 2.86. The predicted octanol–water partition coefficient (Wildman–Crippen LogP) is 2.14. The Morgan fingerprint density at radius 3 is 2.64 bits per heavy atom. The summed E-state index contributed by atoms with van der Waals surface area (Å²) in [4.78, 5) is 12.6. The third-order valence-electron chi connectivity index (χ3n) is 3.14. The van der Waals surface area contributed by atoms with E-state index in [1.165, 1.54) is 36.4 Å². The Hall–Kier alpha value is -2.87. The van der Waals surface area contributed by atoms with Gasteiger partial charge in [-0.2, -0.15) is 8.42 Å². The Morgan fingerprint density at radius 2 is 1.96 bits per heavy atom. The summed E-state index contributed by atoms with van der Waals surface area (Å²) in [6.45, 7) is 0. The van der Waals surface area contributed by atoms with Crippen molar-refractivity contribution in [2.45, 2.75) is 11.8 Å². The van der Waals surface area contributed by atoms with Gasteiger partial charge in [0, 0.05) is 5.56 Å². The van der Waals surface area contributed by atoms with E-state index in [-0.39, 0.29) is 11.1 Å². The molecular formula is C17H14FNO5S. The molecule has 0 amide bonds. The highest BCUT2D eigenvalue weighted by molar-refractivity contribution is 7.86. The number of benzene rings is 2. The standard InChI is InChI=1S/C17H14FNO5S/c18-13-8-4-7-12(9-13)15-14(20)16(17(19)23-15)24-25(21,22)10-11-5-2-1-3-6-11/h1-9,15H,10,19H2/t15-/m1/s1/i10D2,15D. The van der Waals surface area contributed by atoms with Crippen LogP contribution in [-0.2, 0) is 29.5 Å². The Bertz CT molecular complexity index is 1080. The number of nitrogens with two attached hydrogens (primary N) is 1. The normalized spacial score (nSPS) is 22.8. The second-order valence-corrected chi connectivity index (χ2v) is 6.25. The van der Waals surface area contributed by atoms with E-state index in [9.17, 15) is 17.6 Å². The van der Waals surface area contributed by atoms with Crippen LogP contribution in [0.5, 0.6) is 0 Å². The summed E-state index contributed by atoms with van der Waals surface area (Å²) in [6.07, 6.45) is -2.56. The zero-order valence-corrected chi connectivity index (χ0v) is 13.4. The van der Waals surface area contributed by atoms with Gasteiger partial charge in [-0.3, -0.25) is 4.79 Å². The van der Waals surface area contributed by atoms with Crippen LogP contribution in [0, 0.1) is 5.82 Å². The third kappa shape index (κ3) is 3.80. The van der Waals surface area contributed by atoms with Crippen LogP contribution in [0.3, 0.4) is 0 Å². The van der Waals surface area contributed by atoms with Crippen molar-refractivity contribution in [3.8, 4) is 0 Å². The summed E-state index contributed by atoms with van der Waals surface area (Å²) in [5.41, 5.74) is 2.03. The number of rotatable bonds is 5. The molecule has 1 atom stereocenters. The predicted molar refractivity (Wildman–Crippen MR) is 86.6 cm³/mol. The van der Waals surface area contributed by atoms with Crippen molar-refractivity contribution in [3.05, 3.63) is 83.2 Å². The number of hydrogen-bond acceptors (Lipinski definition) is 6. The molecule has 2 aromatic rings. The summed E-state index contributed by atoms with van der Waals surface area (Å²) >= 11 is 0. The zero-order valence-electron chi connectivity index (χ0n) is 15.6. The van der Waals surface area contributed by atoms with Crippen molar-refractivity contribution >= 4 is 15.9 Å². The van der Waals surface area contributed by atoms with Gasteiger partial charge in [0.25, 0.3) is 0 Å². The van der Waals surface area contributed by atoms with Crippen molar-refractivity contribution in [2.75, 3.05) is 0 Å². The van der Waals surface area contributed by atoms with Crippen LogP contribution in [0.4, 0.5) is 4.39 Å². The van der Waals surface area contributed by atoms with Crippen LogP contribution >= 0.6 is 0 Å². The Labute approximate surface area is 148 Å². The van der Waals surface area contributed by atoms with E-state index in [0.29, 0.717) is 0 Å². The van der Waals surface area contributed by atoms with Crippen LogP contribution in [0.15, 0.2) is 66.2 Å². The van der Waals surface area contributed by atoms with E-state index in [1.54, 1.807) is 6.07 Å². The number of halogens is 1. The number of carbonyl (C=O) groups is 1. The summed E-state index contributed by atoms with van der Waals surface area (Å²) < 4.78 is 72.0. The molecule has 3 rings (SSSR count). The maximum absolute atomic E-state index is 13.5. The van der Waals surface area contributed by atoms with Crippen molar-refractivity contribution in [1.29, 1.82) is 0 Å². The molecule has 0 spiro atoms. The van der Waals surface area contributed by atoms with E-state index >= 15 is 0 Å². The van der Waals surface area contributed by atoms with Gasteiger partial charge in [-0.25, -0.2) is 4.39 Å². The minimum atomic E-state index is -5.07. The fraction of sp³-hybridized carbons (Fsp3) is 0.118. The molecule has 2 N–H and O–H groups in total. The molecule has 0 saturated carbocycles. The van der Waals surface area contributed by atoms with Crippen molar-refractivity contribution in [1.82, 2.24) is 0 Å². The van der Waals surface area contributed by atoms with E-state index in [2.05, 4.69) is 4.18 Å². The largest absolute Gasteiger partial charge is 0.460 e. The maximum Gasteiger partial charge on any atom is 0.313 e. The Morgan fingerprint density at radius 1 is 1.24 bits per heavy atom. The lowest BCUT2D eigenvalue weighted by Crippen LogP contribution is -2.16. The van der Waals surface area contributed by atoms with Crippen molar-refractivity contribution in [3.63, 3.8) is 0 Å². The van der Waals surface area contributed by atoms with Gasteiger partial charge in [-0.15, -0.1) is 0 Å². The lowest BCUT2D eigenvalue weighted by Gasteiger charge is -2.09. The summed E-state index contributed by atoms with van der Waals surface area (Å²) in [5, 5.41) is 0. The highest BCUT2D eigenvalue weighted by Crippen LogP contribution is 2.32. The van der Waals surface area contributed by atoms with E-state index in [4.69, 9.17) is 14.6 Å². The van der Waals surface area contributed by atoms with E-state index in [1.807, 2.05) is 0 Å². The lowest BCUT2D eigenvalue weighted by molar-refractivity contribution is -0.123. The first-order valence-electron chi connectivity index (χ1n) is 8.48. The second kappa shape index (κ2) is 6.56. The smallest absolute Gasteiger partial charge is 0.313 e. The number of ketones is 1. The topological polar surface area (TPSA) is 95.7 Å². The van der Waals surface area contributed by atoms with Gasteiger partial charge in [0.05, 0.1) is 4.11 Å². The van der Waals surface area contributed by atoms with Crippen LogP contribution < -0.4 is 5.73 Å². The van der Waals surface area contributed by atoms with Crippen LogP contribution in [0.1, 0.15) is 21.3 Å². The van der Waals surface area contributed by atoms with E-state index in [0.717, 1.165) is 12.1 Å². The monoisotopic (exact) mass is 366 g/mol. The summed E-state index contributed by atoms with van der Waals surface area (Å²) in [5.74, 6) is -3.92. The Kier molecular flexibility index (Phi) is 3.52. The van der Waals surface area contributed by atoms with Crippen LogP contribution in [0.25, 0.3) is 0 Å². The highest BCUT2D eigenvalue weighted by atomic mass is 32.2. The first-order chi connectivity index (χ1) is 13.0. The molecule has 8 heteroatoms. The first-order valence-corrected chi connectivity index (χ1v) is 8.39. The Balaban J connectivity index is 1.94. The molecule has 6 nitrogen and oxygen atoms in total. The number of carbonyl (C=O) groups excluding carboxylic acids is 1. The second-order valence-electron chi connectivity index (χ2n) is 4.97. The fourth-order valence-corrected chi connectivity index (χ4v) is 2.94. The first kappa shape index (κ1) is 13.4. The molecular weight excluding hydrogens is 349 g/mol. The molecule has 0 unspecified atom stereocenters. The van der Waals surface area contributed by atoms with Gasteiger partial charge >= 0.3 is 10.1 Å². The lowest BCUT2D eigenvalue weighted by atomic mass is 10.1. The third-order valence-corrected chi connectivity index (χ3v) is 4.02. The van der Waals surface area contributed by atoms with Gasteiger partial charge in [0.2, 0.25) is 17.4 Å². The van der Waals surface area contributed by atoms with Gasteiger partial charge in [-0.05, 0) is 17.7 Å². The van der Waals surface area contributed by atoms with Gasteiger partial charge in [-0.1, -0.05) is 42.5 Å². The molecule has 1 aliphatic heterocycles. The molecule has 0 aromatic heterocycles. The zero-order chi connectivity index (χ0) is 20.7.